The number of hydrogen-bond acceptors (Lipinski definition) is 3. The molecular formula is C13H23F3N2O2S. The Morgan fingerprint density at radius 3 is 2.57 bits per heavy atom. The number of halogens is 3. The van der Waals surface area contributed by atoms with Gasteiger partial charge in [-0.25, -0.2) is 8.42 Å². The molecule has 0 aromatic heterocycles. The molecule has 0 aromatic carbocycles. The molecular weight excluding hydrogens is 305 g/mol. The molecule has 0 spiro atoms. The Labute approximate surface area is 124 Å². The first kappa shape index (κ1) is 17.0. The molecule has 2 aliphatic rings. The van der Waals surface area contributed by atoms with E-state index in [2.05, 4.69) is 5.32 Å². The largest absolute Gasteiger partial charge is 0.389 e. The Balaban J connectivity index is 1.94. The minimum absolute atomic E-state index is 0.0336. The Hall–Kier alpha value is -0.340. The van der Waals surface area contributed by atoms with E-state index in [1.54, 1.807) is 0 Å². The van der Waals surface area contributed by atoms with Crippen LogP contribution in [0.25, 0.3) is 0 Å². The topological polar surface area (TPSA) is 49.4 Å². The minimum atomic E-state index is -4.28. The SMILES string of the molecule is O=S(=O)(CCCC(F)(F)F)N1CCCC1C1CCCNC1. The summed E-state index contributed by atoms with van der Waals surface area (Å²) in [5, 5.41) is 3.28. The Morgan fingerprint density at radius 1 is 1.19 bits per heavy atom. The lowest BCUT2D eigenvalue weighted by Crippen LogP contribution is -2.46. The molecule has 2 rings (SSSR count). The van der Waals surface area contributed by atoms with Crippen LogP contribution in [0, 0.1) is 5.92 Å². The van der Waals surface area contributed by atoms with Gasteiger partial charge < -0.3 is 5.32 Å². The summed E-state index contributed by atoms with van der Waals surface area (Å²) in [5.74, 6) is -0.109. The molecule has 0 bridgehead atoms. The van der Waals surface area contributed by atoms with Crippen LogP contribution in [-0.4, -0.2) is 50.3 Å². The molecule has 2 aliphatic heterocycles. The molecule has 2 unspecified atom stereocenters. The van der Waals surface area contributed by atoms with Crippen LogP contribution in [0.2, 0.25) is 0 Å². The van der Waals surface area contributed by atoms with E-state index in [0.717, 1.165) is 38.8 Å². The van der Waals surface area contributed by atoms with E-state index in [-0.39, 0.29) is 12.5 Å². The van der Waals surface area contributed by atoms with Crippen LogP contribution in [0.15, 0.2) is 0 Å². The third-order valence-corrected chi connectivity index (χ3v) is 6.32. The molecule has 0 radical (unpaired) electrons. The third-order valence-electron chi connectivity index (χ3n) is 4.35. The van der Waals surface area contributed by atoms with E-state index < -0.39 is 28.4 Å². The van der Waals surface area contributed by atoms with Gasteiger partial charge in [-0.1, -0.05) is 0 Å². The van der Waals surface area contributed by atoms with Crippen LogP contribution in [0.3, 0.4) is 0 Å². The average Bonchev–Trinajstić information content (AvgIpc) is 2.88. The van der Waals surface area contributed by atoms with E-state index >= 15 is 0 Å². The van der Waals surface area contributed by atoms with Crippen LogP contribution >= 0.6 is 0 Å². The maximum absolute atomic E-state index is 12.3. The number of nitrogens with zero attached hydrogens (tertiary/aromatic N) is 1. The van der Waals surface area contributed by atoms with Gasteiger partial charge in [0.2, 0.25) is 10.0 Å². The average molecular weight is 328 g/mol. The predicted molar refractivity (Wildman–Crippen MR) is 74.4 cm³/mol. The van der Waals surface area contributed by atoms with Crippen molar-refractivity contribution in [2.24, 2.45) is 5.92 Å². The molecule has 0 amide bonds. The number of rotatable bonds is 5. The van der Waals surface area contributed by atoms with E-state index in [1.165, 1.54) is 4.31 Å². The van der Waals surface area contributed by atoms with Crippen LogP contribution in [-0.2, 0) is 10.0 Å². The summed E-state index contributed by atoms with van der Waals surface area (Å²) in [7, 11) is -3.58. The maximum atomic E-state index is 12.3. The van der Waals surface area contributed by atoms with Gasteiger partial charge in [0.25, 0.3) is 0 Å². The van der Waals surface area contributed by atoms with Crippen molar-refractivity contribution >= 4 is 10.0 Å². The Morgan fingerprint density at radius 2 is 1.95 bits per heavy atom. The highest BCUT2D eigenvalue weighted by Gasteiger charge is 2.39. The summed E-state index contributed by atoms with van der Waals surface area (Å²) in [6.45, 7) is 2.22. The zero-order valence-electron chi connectivity index (χ0n) is 12.0. The second kappa shape index (κ2) is 6.83. The highest BCUT2D eigenvalue weighted by Crippen LogP contribution is 2.31. The lowest BCUT2D eigenvalue weighted by atomic mass is 9.91. The van der Waals surface area contributed by atoms with Gasteiger partial charge in [-0.2, -0.15) is 17.5 Å². The summed E-state index contributed by atoms with van der Waals surface area (Å²) in [5.41, 5.74) is 0. The smallest absolute Gasteiger partial charge is 0.316 e. The lowest BCUT2D eigenvalue weighted by molar-refractivity contribution is -0.134. The van der Waals surface area contributed by atoms with Crippen molar-refractivity contribution in [3.63, 3.8) is 0 Å². The number of hydrogen-bond donors (Lipinski definition) is 1. The molecule has 2 atom stereocenters. The number of nitrogens with one attached hydrogen (secondary N) is 1. The summed E-state index contributed by atoms with van der Waals surface area (Å²) < 4.78 is 62.6. The van der Waals surface area contributed by atoms with Crippen molar-refractivity contribution in [3.05, 3.63) is 0 Å². The molecule has 2 heterocycles. The van der Waals surface area contributed by atoms with Crippen LogP contribution in [0.1, 0.15) is 38.5 Å². The molecule has 0 aromatic rings. The van der Waals surface area contributed by atoms with E-state index in [4.69, 9.17) is 0 Å². The molecule has 1 N–H and O–H groups in total. The molecule has 4 nitrogen and oxygen atoms in total. The van der Waals surface area contributed by atoms with Gasteiger partial charge >= 0.3 is 6.18 Å². The molecule has 8 heteroatoms. The van der Waals surface area contributed by atoms with Crippen molar-refractivity contribution in [1.82, 2.24) is 9.62 Å². The second-order valence-electron chi connectivity index (χ2n) is 5.96. The number of alkyl halides is 3. The van der Waals surface area contributed by atoms with Gasteiger partial charge in [0, 0.05) is 19.0 Å². The van der Waals surface area contributed by atoms with Crippen LogP contribution in [0.4, 0.5) is 13.2 Å². The Kier molecular flexibility index (Phi) is 5.54. The minimum Gasteiger partial charge on any atom is -0.316 e. The fraction of sp³-hybridized carbons (Fsp3) is 1.00. The molecule has 0 saturated carbocycles. The first-order valence-corrected chi connectivity index (χ1v) is 9.17. The molecule has 2 fully saturated rings. The maximum Gasteiger partial charge on any atom is 0.389 e. The van der Waals surface area contributed by atoms with Crippen LogP contribution < -0.4 is 5.32 Å². The third kappa shape index (κ3) is 4.82. The number of piperidine rings is 1. The zero-order chi connectivity index (χ0) is 15.5. The molecule has 124 valence electrons. The monoisotopic (exact) mass is 328 g/mol. The van der Waals surface area contributed by atoms with Crippen molar-refractivity contribution in [2.45, 2.75) is 50.7 Å². The van der Waals surface area contributed by atoms with E-state index in [1.807, 2.05) is 0 Å². The summed E-state index contributed by atoms with van der Waals surface area (Å²) in [4.78, 5) is 0. The van der Waals surface area contributed by atoms with E-state index in [0.29, 0.717) is 12.5 Å². The second-order valence-corrected chi connectivity index (χ2v) is 8.00. The fourth-order valence-corrected chi connectivity index (χ4v) is 5.20. The zero-order valence-corrected chi connectivity index (χ0v) is 12.8. The van der Waals surface area contributed by atoms with Crippen molar-refractivity contribution in [3.8, 4) is 0 Å². The van der Waals surface area contributed by atoms with Gasteiger partial charge in [-0.05, 0) is 51.1 Å². The first-order valence-electron chi connectivity index (χ1n) is 7.56. The number of sulfonamides is 1. The highest BCUT2D eigenvalue weighted by molar-refractivity contribution is 7.89. The van der Waals surface area contributed by atoms with Gasteiger partial charge in [0.1, 0.15) is 0 Å². The molecule has 2 saturated heterocycles. The normalized spacial score (nSPS) is 28.9. The van der Waals surface area contributed by atoms with Crippen molar-refractivity contribution in [2.75, 3.05) is 25.4 Å². The van der Waals surface area contributed by atoms with Gasteiger partial charge in [0.15, 0.2) is 0 Å². The van der Waals surface area contributed by atoms with Crippen molar-refractivity contribution in [1.29, 1.82) is 0 Å². The summed E-state index contributed by atoms with van der Waals surface area (Å²) >= 11 is 0. The fourth-order valence-electron chi connectivity index (χ4n) is 3.36. The highest BCUT2D eigenvalue weighted by atomic mass is 32.2. The van der Waals surface area contributed by atoms with Gasteiger partial charge in [-0.3, -0.25) is 0 Å². The molecule has 21 heavy (non-hydrogen) atoms. The van der Waals surface area contributed by atoms with Gasteiger partial charge in [-0.15, -0.1) is 0 Å². The quantitative estimate of drug-likeness (QED) is 0.841. The predicted octanol–water partition coefficient (Wildman–Crippen LogP) is 2.12. The summed E-state index contributed by atoms with van der Waals surface area (Å²) in [6.07, 6.45) is -2.01. The van der Waals surface area contributed by atoms with Crippen LogP contribution in [0.5, 0.6) is 0 Å². The van der Waals surface area contributed by atoms with Crippen molar-refractivity contribution < 1.29 is 21.6 Å². The van der Waals surface area contributed by atoms with Gasteiger partial charge in [0.05, 0.1) is 5.75 Å². The van der Waals surface area contributed by atoms with E-state index in [9.17, 15) is 21.6 Å². The standard InChI is InChI=1S/C13H23F3N2O2S/c14-13(15,16)6-3-9-21(19,20)18-8-2-5-12(18)11-4-1-7-17-10-11/h11-12,17H,1-10H2. The summed E-state index contributed by atoms with van der Waals surface area (Å²) in [6, 6.07) is -0.0336. The Bertz CT molecular complexity index is 433. The lowest BCUT2D eigenvalue weighted by Gasteiger charge is -2.33. The molecule has 0 aliphatic carbocycles. The first-order chi connectivity index (χ1) is 9.80.